The molecule has 0 bridgehead atoms. The van der Waals surface area contributed by atoms with Gasteiger partial charge in [-0.1, -0.05) is 65.3 Å². The van der Waals surface area contributed by atoms with Crippen molar-refractivity contribution in [1.82, 2.24) is 5.32 Å². The van der Waals surface area contributed by atoms with Crippen LogP contribution in [0.5, 0.6) is 0 Å². The van der Waals surface area contributed by atoms with Crippen LogP contribution in [-0.2, 0) is 6.42 Å². The third-order valence-electron chi connectivity index (χ3n) is 3.87. The maximum atomic E-state index is 3.68. The van der Waals surface area contributed by atoms with E-state index in [1.165, 1.54) is 27.6 Å². The van der Waals surface area contributed by atoms with Crippen LogP contribution in [0.2, 0.25) is 0 Å². The molecule has 0 aliphatic carbocycles. The molecule has 1 unspecified atom stereocenters. The van der Waals surface area contributed by atoms with Crippen molar-refractivity contribution >= 4 is 15.9 Å². The second-order valence-corrected chi connectivity index (χ2v) is 6.41. The minimum atomic E-state index is 0.511. The number of aryl methyl sites for hydroxylation is 1. The average molecular weight is 346 g/mol. The minimum Gasteiger partial charge on any atom is -0.316 e. The molecule has 1 N–H and O–H groups in total. The molecule has 0 saturated carbocycles. The topological polar surface area (TPSA) is 12.0 Å². The standard InChI is InChI=1S/C19H24BrN/c1-3-12-21-14-17(18-10-6-4-8-15(18)2)13-16-9-5-7-11-19(16)20/h4-11,17,21H,3,12-14H2,1-2H3. The quantitative estimate of drug-likeness (QED) is 0.689. The highest BCUT2D eigenvalue weighted by molar-refractivity contribution is 9.10. The Balaban J connectivity index is 2.20. The fourth-order valence-electron chi connectivity index (χ4n) is 2.72. The number of halogens is 1. The summed E-state index contributed by atoms with van der Waals surface area (Å²) in [4.78, 5) is 0. The lowest BCUT2D eigenvalue weighted by Gasteiger charge is -2.21. The largest absolute Gasteiger partial charge is 0.316 e. The van der Waals surface area contributed by atoms with Gasteiger partial charge in [-0.05, 0) is 49.1 Å². The van der Waals surface area contributed by atoms with Gasteiger partial charge in [-0.3, -0.25) is 0 Å². The molecule has 0 radical (unpaired) electrons. The monoisotopic (exact) mass is 345 g/mol. The molecule has 0 heterocycles. The summed E-state index contributed by atoms with van der Waals surface area (Å²) in [5.74, 6) is 0.511. The summed E-state index contributed by atoms with van der Waals surface area (Å²) in [5, 5.41) is 3.59. The first-order valence-electron chi connectivity index (χ1n) is 7.72. The lowest BCUT2D eigenvalue weighted by atomic mass is 9.89. The van der Waals surface area contributed by atoms with E-state index in [4.69, 9.17) is 0 Å². The van der Waals surface area contributed by atoms with Crippen molar-refractivity contribution in [3.63, 3.8) is 0 Å². The van der Waals surface area contributed by atoms with E-state index in [1.807, 2.05) is 0 Å². The summed E-state index contributed by atoms with van der Waals surface area (Å²) in [5.41, 5.74) is 4.22. The average Bonchev–Trinajstić information content (AvgIpc) is 2.49. The van der Waals surface area contributed by atoms with Crippen LogP contribution in [0.1, 0.15) is 36.0 Å². The van der Waals surface area contributed by atoms with Crippen LogP contribution in [-0.4, -0.2) is 13.1 Å². The molecule has 2 aromatic carbocycles. The van der Waals surface area contributed by atoms with Gasteiger partial charge in [0.15, 0.2) is 0 Å². The van der Waals surface area contributed by atoms with Crippen LogP contribution in [0, 0.1) is 6.92 Å². The molecule has 2 heteroatoms. The van der Waals surface area contributed by atoms with Crippen molar-refractivity contribution in [1.29, 1.82) is 0 Å². The summed E-state index contributed by atoms with van der Waals surface area (Å²) in [6.07, 6.45) is 2.23. The first-order valence-corrected chi connectivity index (χ1v) is 8.51. The van der Waals surface area contributed by atoms with E-state index in [0.29, 0.717) is 5.92 Å². The van der Waals surface area contributed by atoms with E-state index >= 15 is 0 Å². The normalized spacial score (nSPS) is 12.3. The Labute approximate surface area is 136 Å². The van der Waals surface area contributed by atoms with E-state index in [-0.39, 0.29) is 0 Å². The Morgan fingerprint density at radius 2 is 1.76 bits per heavy atom. The van der Waals surface area contributed by atoms with Crippen LogP contribution in [0.15, 0.2) is 53.0 Å². The molecule has 1 atom stereocenters. The van der Waals surface area contributed by atoms with E-state index in [0.717, 1.165) is 19.5 Å². The maximum absolute atomic E-state index is 3.68. The second-order valence-electron chi connectivity index (χ2n) is 5.55. The van der Waals surface area contributed by atoms with Gasteiger partial charge in [0, 0.05) is 16.9 Å². The number of nitrogens with one attached hydrogen (secondary N) is 1. The third-order valence-corrected chi connectivity index (χ3v) is 4.64. The highest BCUT2D eigenvalue weighted by Gasteiger charge is 2.15. The molecule has 0 saturated heterocycles. The van der Waals surface area contributed by atoms with E-state index in [2.05, 4.69) is 83.6 Å². The van der Waals surface area contributed by atoms with Crippen molar-refractivity contribution in [3.05, 3.63) is 69.7 Å². The Hall–Kier alpha value is -1.12. The molecule has 2 rings (SSSR count). The van der Waals surface area contributed by atoms with Crippen LogP contribution in [0.25, 0.3) is 0 Å². The molecule has 1 nitrogen and oxygen atoms in total. The minimum absolute atomic E-state index is 0.511. The molecular formula is C19H24BrN. The zero-order chi connectivity index (χ0) is 15.1. The van der Waals surface area contributed by atoms with Gasteiger partial charge < -0.3 is 5.32 Å². The summed E-state index contributed by atoms with van der Waals surface area (Å²) in [7, 11) is 0. The molecule has 0 spiro atoms. The number of hydrogen-bond donors (Lipinski definition) is 1. The Morgan fingerprint density at radius 3 is 2.48 bits per heavy atom. The summed E-state index contributed by atoms with van der Waals surface area (Å²) in [6, 6.07) is 17.3. The zero-order valence-corrected chi connectivity index (χ0v) is 14.5. The van der Waals surface area contributed by atoms with Crippen molar-refractivity contribution in [2.75, 3.05) is 13.1 Å². The van der Waals surface area contributed by atoms with E-state index < -0.39 is 0 Å². The smallest absolute Gasteiger partial charge is 0.0207 e. The van der Waals surface area contributed by atoms with Crippen molar-refractivity contribution in [2.45, 2.75) is 32.6 Å². The predicted molar refractivity (Wildman–Crippen MR) is 94.9 cm³/mol. The summed E-state index contributed by atoms with van der Waals surface area (Å²) < 4.78 is 1.21. The summed E-state index contributed by atoms with van der Waals surface area (Å²) in [6.45, 7) is 6.53. The molecule has 21 heavy (non-hydrogen) atoms. The van der Waals surface area contributed by atoms with Crippen LogP contribution >= 0.6 is 15.9 Å². The third kappa shape index (κ3) is 4.69. The highest BCUT2D eigenvalue weighted by atomic mass is 79.9. The first kappa shape index (κ1) is 16.3. The number of rotatable bonds is 7. The molecular weight excluding hydrogens is 322 g/mol. The van der Waals surface area contributed by atoms with Gasteiger partial charge in [0.1, 0.15) is 0 Å². The van der Waals surface area contributed by atoms with Crippen LogP contribution < -0.4 is 5.32 Å². The van der Waals surface area contributed by atoms with Gasteiger partial charge in [0.2, 0.25) is 0 Å². The van der Waals surface area contributed by atoms with Crippen molar-refractivity contribution in [3.8, 4) is 0 Å². The van der Waals surface area contributed by atoms with E-state index in [9.17, 15) is 0 Å². The number of hydrogen-bond acceptors (Lipinski definition) is 1. The van der Waals surface area contributed by atoms with Gasteiger partial charge in [-0.25, -0.2) is 0 Å². The molecule has 0 aliphatic heterocycles. The van der Waals surface area contributed by atoms with Gasteiger partial charge >= 0.3 is 0 Å². The van der Waals surface area contributed by atoms with Crippen LogP contribution in [0.3, 0.4) is 0 Å². The molecule has 0 aromatic heterocycles. The van der Waals surface area contributed by atoms with Gasteiger partial charge in [-0.15, -0.1) is 0 Å². The molecule has 0 aliphatic rings. The predicted octanol–water partition coefficient (Wildman–Crippen LogP) is 5.08. The van der Waals surface area contributed by atoms with Crippen LogP contribution in [0.4, 0.5) is 0 Å². The van der Waals surface area contributed by atoms with Gasteiger partial charge in [0.25, 0.3) is 0 Å². The fourth-order valence-corrected chi connectivity index (χ4v) is 3.17. The van der Waals surface area contributed by atoms with Gasteiger partial charge in [-0.2, -0.15) is 0 Å². The molecule has 2 aromatic rings. The van der Waals surface area contributed by atoms with Gasteiger partial charge in [0.05, 0.1) is 0 Å². The molecule has 0 amide bonds. The Morgan fingerprint density at radius 1 is 1.05 bits per heavy atom. The lowest BCUT2D eigenvalue weighted by Crippen LogP contribution is -2.24. The molecule has 112 valence electrons. The second kappa shape index (κ2) is 8.35. The first-order chi connectivity index (χ1) is 10.2. The van der Waals surface area contributed by atoms with Crippen molar-refractivity contribution in [2.24, 2.45) is 0 Å². The number of benzene rings is 2. The lowest BCUT2D eigenvalue weighted by molar-refractivity contribution is 0.574. The molecule has 0 fully saturated rings. The Bertz CT molecular complexity index is 565. The fraction of sp³-hybridized carbons (Fsp3) is 0.368. The Kier molecular flexibility index (Phi) is 6.47. The van der Waals surface area contributed by atoms with E-state index in [1.54, 1.807) is 0 Å². The highest BCUT2D eigenvalue weighted by Crippen LogP contribution is 2.27. The van der Waals surface area contributed by atoms with Crippen molar-refractivity contribution < 1.29 is 0 Å². The maximum Gasteiger partial charge on any atom is 0.0207 e. The zero-order valence-electron chi connectivity index (χ0n) is 12.9. The SMILES string of the molecule is CCCNCC(Cc1ccccc1Br)c1ccccc1C. The summed E-state index contributed by atoms with van der Waals surface area (Å²) >= 11 is 3.68.